The van der Waals surface area contributed by atoms with Crippen LogP contribution in [0.5, 0.6) is 5.75 Å². The summed E-state index contributed by atoms with van der Waals surface area (Å²) in [6.07, 6.45) is 1.63. The fourth-order valence-electron chi connectivity index (χ4n) is 1.96. The number of hydrogen-bond donors (Lipinski definition) is 1. The average molecular weight is 354 g/mol. The van der Waals surface area contributed by atoms with E-state index in [4.69, 9.17) is 16.3 Å². The second-order valence-electron chi connectivity index (χ2n) is 4.70. The Bertz CT molecular complexity index is 678. The smallest absolute Gasteiger partial charge is 0.241 e. The molecule has 2 rings (SSSR count). The number of amidine groups is 1. The molecular formula is C15H16ClN3O3S. The van der Waals surface area contributed by atoms with Gasteiger partial charge in [0.05, 0.1) is 0 Å². The van der Waals surface area contributed by atoms with Crippen molar-refractivity contribution in [3.8, 4) is 5.75 Å². The summed E-state index contributed by atoms with van der Waals surface area (Å²) in [5, 5.41) is 8.44. The van der Waals surface area contributed by atoms with Gasteiger partial charge in [-0.1, -0.05) is 36.0 Å². The van der Waals surface area contributed by atoms with Crippen molar-refractivity contribution in [2.24, 2.45) is 5.10 Å². The van der Waals surface area contributed by atoms with Crippen molar-refractivity contribution in [3.63, 3.8) is 0 Å². The number of nitrogens with one attached hydrogen (secondary N) is 1. The van der Waals surface area contributed by atoms with Crippen LogP contribution in [0.15, 0.2) is 36.0 Å². The third-order valence-electron chi connectivity index (χ3n) is 2.84. The van der Waals surface area contributed by atoms with Crippen molar-refractivity contribution < 1.29 is 14.3 Å². The summed E-state index contributed by atoms with van der Waals surface area (Å²) in [5.74, 6) is 0.0736. The number of hydrogen-bond acceptors (Lipinski definition) is 5. The fraction of sp³-hybridized carbons (Fsp3) is 0.267. The van der Waals surface area contributed by atoms with Crippen LogP contribution >= 0.6 is 23.4 Å². The standard InChI is InChI=1S/C15H16ClN3O3S/c1-4-7-22-13-6-5-11(16)8-12(13)14-19(10(3)21)18-15(23-14)17-9(2)20/h4-6,8,14H,1,7H2,2-3H3,(H,17,18,20)/t14-/m0/s1. The predicted molar refractivity (Wildman–Crippen MR) is 91.2 cm³/mol. The van der Waals surface area contributed by atoms with E-state index in [2.05, 4.69) is 17.0 Å². The van der Waals surface area contributed by atoms with E-state index in [1.807, 2.05) is 0 Å². The summed E-state index contributed by atoms with van der Waals surface area (Å²) in [6, 6.07) is 5.16. The molecule has 1 atom stereocenters. The normalized spacial score (nSPS) is 16.7. The summed E-state index contributed by atoms with van der Waals surface area (Å²) in [7, 11) is 0. The fourth-order valence-corrected chi connectivity index (χ4v) is 3.29. The maximum Gasteiger partial charge on any atom is 0.241 e. The third kappa shape index (κ3) is 4.27. The molecule has 0 unspecified atom stereocenters. The van der Waals surface area contributed by atoms with Crippen molar-refractivity contribution >= 4 is 40.3 Å². The number of rotatable bonds is 4. The number of hydrazone groups is 1. The van der Waals surface area contributed by atoms with Gasteiger partial charge >= 0.3 is 0 Å². The van der Waals surface area contributed by atoms with Crippen molar-refractivity contribution in [1.82, 2.24) is 10.3 Å². The van der Waals surface area contributed by atoms with Gasteiger partial charge in [0.25, 0.3) is 0 Å². The van der Waals surface area contributed by atoms with Crippen molar-refractivity contribution in [2.75, 3.05) is 6.61 Å². The molecule has 6 nitrogen and oxygen atoms in total. The Morgan fingerprint density at radius 2 is 2.26 bits per heavy atom. The Morgan fingerprint density at radius 1 is 1.52 bits per heavy atom. The van der Waals surface area contributed by atoms with Crippen molar-refractivity contribution in [3.05, 3.63) is 41.4 Å². The molecule has 0 fully saturated rings. The maximum atomic E-state index is 11.9. The van der Waals surface area contributed by atoms with Crippen LogP contribution in [0, 0.1) is 0 Å². The van der Waals surface area contributed by atoms with Crippen LogP contribution in [0.4, 0.5) is 0 Å². The molecule has 0 saturated heterocycles. The number of halogens is 1. The molecule has 1 N–H and O–H groups in total. The van der Waals surface area contributed by atoms with Crippen LogP contribution in [-0.2, 0) is 9.59 Å². The van der Waals surface area contributed by atoms with Crippen LogP contribution in [0.1, 0.15) is 24.8 Å². The van der Waals surface area contributed by atoms with E-state index in [9.17, 15) is 9.59 Å². The molecular weight excluding hydrogens is 338 g/mol. The summed E-state index contributed by atoms with van der Waals surface area (Å²) in [6.45, 7) is 6.73. The number of nitrogens with zero attached hydrogens (tertiary/aromatic N) is 2. The molecule has 0 saturated carbocycles. The number of carbonyl (C=O) groups excluding carboxylic acids is 2. The highest BCUT2D eigenvalue weighted by molar-refractivity contribution is 8.14. The van der Waals surface area contributed by atoms with E-state index < -0.39 is 5.37 Å². The first kappa shape index (κ1) is 17.4. The van der Waals surface area contributed by atoms with Gasteiger partial charge in [-0.25, -0.2) is 5.01 Å². The minimum atomic E-state index is -0.465. The van der Waals surface area contributed by atoms with E-state index in [0.717, 1.165) is 0 Å². The first-order valence-electron chi connectivity index (χ1n) is 6.78. The summed E-state index contributed by atoms with van der Waals surface area (Å²) in [5.41, 5.74) is 0.698. The second kappa shape index (κ2) is 7.52. The van der Waals surface area contributed by atoms with Crippen molar-refractivity contribution in [2.45, 2.75) is 19.2 Å². The van der Waals surface area contributed by atoms with Crippen LogP contribution in [0.2, 0.25) is 5.02 Å². The molecule has 0 bridgehead atoms. The van der Waals surface area contributed by atoms with E-state index in [1.54, 1.807) is 24.3 Å². The van der Waals surface area contributed by atoms with Crippen molar-refractivity contribution in [1.29, 1.82) is 0 Å². The summed E-state index contributed by atoms with van der Waals surface area (Å²) >= 11 is 7.33. The number of benzene rings is 1. The molecule has 0 radical (unpaired) electrons. The number of thioether (sulfide) groups is 1. The summed E-state index contributed by atoms with van der Waals surface area (Å²) < 4.78 is 5.63. The van der Waals surface area contributed by atoms with Crippen LogP contribution in [0.25, 0.3) is 0 Å². The van der Waals surface area contributed by atoms with Gasteiger partial charge in [-0.2, -0.15) is 0 Å². The molecule has 8 heteroatoms. The molecule has 1 aliphatic rings. The number of amides is 2. The van der Waals surface area contributed by atoms with Crippen LogP contribution in [-0.4, -0.2) is 28.6 Å². The van der Waals surface area contributed by atoms with Gasteiger partial charge in [0.15, 0.2) is 5.17 Å². The number of carbonyl (C=O) groups is 2. The highest BCUT2D eigenvalue weighted by atomic mass is 35.5. The third-order valence-corrected chi connectivity index (χ3v) is 4.16. The van der Waals surface area contributed by atoms with Gasteiger partial charge in [0.2, 0.25) is 11.8 Å². The molecule has 23 heavy (non-hydrogen) atoms. The Morgan fingerprint density at radius 3 is 2.87 bits per heavy atom. The van der Waals surface area contributed by atoms with Crippen LogP contribution < -0.4 is 10.1 Å². The first-order chi connectivity index (χ1) is 10.9. The monoisotopic (exact) mass is 353 g/mol. The SMILES string of the molecule is C=CCOc1ccc(Cl)cc1[C@@H]1SC(NC(C)=O)=NN1C(C)=O. The van der Waals surface area contributed by atoms with Gasteiger partial charge in [-0.3, -0.25) is 9.59 Å². The van der Waals surface area contributed by atoms with Gasteiger partial charge in [-0.05, 0) is 18.2 Å². The Hall–Kier alpha value is -1.99. The van der Waals surface area contributed by atoms with Gasteiger partial charge in [0, 0.05) is 24.4 Å². The lowest BCUT2D eigenvalue weighted by Gasteiger charge is -2.22. The predicted octanol–water partition coefficient (Wildman–Crippen LogP) is 2.91. The largest absolute Gasteiger partial charge is 0.489 e. The first-order valence-corrected chi connectivity index (χ1v) is 8.04. The molecule has 122 valence electrons. The zero-order valence-corrected chi connectivity index (χ0v) is 14.3. The zero-order chi connectivity index (χ0) is 17.0. The molecule has 1 heterocycles. The van der Waals surface area contributed by atoms with E-state index in [0.29, 0.717) is 28.1 Å². The highest BCUT2D eigenvalue weighted by Crippen LogP contribution is 2.43. The van der Waals surface area contributed by atoms with E-state index in [-0.39, 0.29) is 11.8 Å². The Balaban J connectivity index is 2.36. The quantitative estimate of drug-likeness (QED) is 0.845. The van der Waals surface area contributed by atoms with E-state index in [1.165, 1.54) is 30.6 Å². The highest BCUT2D eigenvalue weighted by Gasteiger charge is 2.34. The number of ether oxygens (including phenoxy) is 1. The van der Waals surface area contributed by atoms with Crippen LogP contribution in [0.3, 0.4) is 0 Å². The molecule has 0 aromatic heterocycles. The van der Waals surface area contributed by atoms with Gasteiger partial charge < -0.3 is 10.1 Å². The molecule has 2 amide bonds. The minimum absolute atomic E-state index is 0.252. The minimum Gasteiger partial charge on any atom is -0.489 e. The van der Waals surface area contributed by atoms with Gasteiger partial charge in [-0.15, -0.1) is 5.10 Å². The molecule has 0 spiro atoms. The lowest BCUT2D eigenvalue weighted by molar-refractivity contribution is -0.129. The van der Waals surface area contributed by atoms with E-state index >= 15 is 0 Å². The average Bonchev–Trinajstić information content (AvgIpc) is 2.89. The van der Waals surface area contributed by atoms with Gasteiger partial charge in [0.1, 0.15) is 17.7 Å². The Kier molecular flexibility index (Phi) is 5.68. The Labute approximate surface area is 143 Å². The molecule has 1 aromatic carbocycles. The molecule has 1 aromatic rings. The lowest BCUT2D eigenvalue weighted by Crippen LogP contribution is -2.25. The zero-order valence-electron chi connectivity index (χ0n) is 12.7. The maximum absolute atomic E-state index is 11.9. The topological polar surface area (TPSA) is 71.0 Å². The molecule has 1 aliphatic heterocycles. The second-order valence-corrected chi connectivity index (χ2v) is 6.21. The molecule has 0 aliphatic carbocycles. The summed E-state index contributed by atoms with van der Waals surface area (Å²) in [4.78, 5) is 23.1. The lowest BCUT2D eigenvalue weighted by atomic mass is 10.2.